The van der Waals surface area contributed by atoms with Crippen LogP contribution in [0.25, 0.3) is 0 Å². The molecule has 3 heteroatoms. The summed E-state index contributed by atoms with van der Waals surface area (Å²) in [5.74, 6) is -0.324. The van der Waals surface area contributed by atoms with Crippen molar-refractivity contribution in [2.75, 3.05) is 0 Å². The molecular formula is C10H12O3. The minimum absolute atomic E-state index is 0.0340. The highest BCUT2D eigenvalue weighted by Gasteiger charge is 2.39. The van der Waals surface area contributed by atoms with Gasteiger partial charge in [-0.05, 0) is 6.92 Å². The van der Waals surface area contributed by atoms with Crippen molar-refractivity contribution < 1.29 is 14.3 Å². The van der Waals surface area contributed by atoms with E-state index in [-0.39, 0.29) is 24.3 Å². The number of carbonyl (C=O) groups excluding carboxylic acids is 1. The molecule has 0 aromatic rings. The first-order chi connectivity index (χ1) is 6.16. The SMILES string of the molecule is C=C(C)C(=O)OC1CC2C=CC1O2. The molecule has 1 saturated heterocycles. The highest BCUT2D eigenvalue weighted by molar-refractivity contribution is 5.87. The Morgan fingerprint density at radius 3 is 2.85 bits per heavy atom. The molecular weight excluding hydrogens is 168 g/mol. The van der Waals surface area contributed by atoms with Crippen LogP contribution in [0, 0.1) is 0 Å². The van der Waals surface area contributed by atoms with Crippen LogP contribution in [0.1, 0.15) is 13.3 Å². The van der Waals surface area contributed by atoms with E-state index in [2.05, 4.69) is 6.58 Å². The molecule has 1 fully saturated rings. The lowest BCUT2D eigenvalue weighted by Crippen LogP contribution is -2.26. The number of hydrogen-bond acceptors (Lipinski definition) is 3. The van der Waals surface area contributed by atoms with E-state index in [1.54, 1.807) is 6.92 Å². The van der Waals surface area contributed by atoms with E-state index in [9.17, 15) is 4.79 Å². The summed E-state index contributed by atoms with van der Waals surface area (Å²) in [5.41, 5.74) is 0.437. The number of ether oxygens (including phenoxy) is 2. The van der Waals surface area contributed by atoms with Crippen molar-refractivity contribution in [3.05, 3.63) is 24.3 Å². The monoisotopic (exact) mass is 180 g/mol. The molecule has 70 valence electrons. The summed E-state index contributed by atoms with van der Waals surface area (Å²) in [6.45, 7) is 5.17. The van der Waals surface area contributed by atoms with Crippen molar-refractivity contribution in [1.82, 2.24) is 0 Å². The summed E-state index contributed by atoms with van der Waals surface area (Å²) in [6, 6.07) is 0. The van der Waals surface area contributed by atoms with Gasteiger partial charge in [0.05, 0.1) is 6.10 Å². The molecule has 0 aromatic carbocycles. The van der Waals surface area contributed by atoms with E-state index in [1.807, 2.05) is 12.2 Å². The smallest absolute Gasteiger partial charge is 0.333 e. The van der Waals surface area contributed by atoms with Crippen molar-refractivity contribution in [1.29, 1.82) is 0 Å². The van der Waals surface area contributed by atoms with Gasteiger partial charge in [0, 0.05) is 12.0 Å². The van der Waals surface area contributed by atoms with Crippen LogP contribution < -0.4 is 0 Å². The van der Waals surface area contributed by atoms with Crippen molar-refractivity contribution >= 4 is 5.97 Å². The Morgan fingerprint density at radius 2 is 2.38 bits per heavy atom. The van der Waals surface area contributed by atoms with E-state index in [1.165, 1.54) is 0 Å². The van der Waals surface area contributed by atoms with Crippen LogP contribution >= 0.6 is 0 Å². The number of carbonyl (C=O) groups is 1. The maximum Gasteiger partial charge on any atom is 0.333 e. The molecule has 2 rings (SSSR count). The fourth-order valence-electron chi connectivity index (χ4n) is 1.59. The molecule has 0 aliphatic carbocycles. The Morgan fingerprint density at radius 1 is 1.62 bits per heavy atom. The third-order valence-corrected chi connectivity index (χ3v) is 2.29. The van der Waals surface area contributed by atoms with Crippen molar-refractivity contribution in [3.8, 4) is 0 Å². The summed E-state index contributed by atoms with van der Waals surface area (Å²) in [5, 5.41) is 0. The summed E-state index contributed by atoms with van der Waals surface area (Å²) >= 11 is 0. The predicted molar refractivity (Wildman–Crippen MR) is 47.1 cm³/mol. The lowest BCUT2D eigenvalue weighted by Gasteiger charge is -2.16. The normalized spacial score (nSPS) is 35.0. The van der Waals surface area contributed by atoms with Gasteiger partial charge in [-0.15, -0.1) is 0 Å². The van der Waals surface area contributed by atoms with Gasteiger partial charge >= 0.3 is 5.97 Å². The first-order valence-electron chi connectivity index (χ1n) is 4.37. The molecule has 0 saturated carbocycles. The van der Waals surface area contributed by atoms with Crippen molar-refractivity contribution in [3.63, 3.8) is 0 Å². The Hall–Kier alpha value is -1.09. The number of rotatable bonds is 2. The predicted octanol–water partition coefficient (Wildman–Crippen LogP) is 1.20. The molecule has 0 radical (unpaired) electrons. The molecule has 2 heterocycles. The lowest BCUT2D eigenvalue weighted by molar-refractivity contribution is -0.145. The standard InChI is InChI=1S/C10H12O3/c1-6(2)10(11)13-9-5-7-3-4-8(9)12-7/h3-4,7-9H,1,5H2,2H3. The molecule has 2 aliphatic rings. The number of fused-ring (bicyclic) bond motifs is 2. The topological polar surface area (TPSA) is 35.5 Å². The van der Waals surface area contributed by atoms with Gasteiger partial charge in [0.2, 0.25) is 0 Å². The highest BCUT2D eigenvalue weighted by atomic mass is 16.6. The van der Waals surface area contributed by atoms with E-state index < -0.39 is 0 Å². The van der Waals surface area contributed by atoms with Crippen LogP contribution in [0.2, 0.25) is 0 Å². The van der Waals surface area contributed by atoms with Crippen LogP contribution in [-0.4, -0.2) is 24.3 Å². The molecule has 0 spiro atoms. The maximum absolute atomic E-state index is 11.2. The average molecular weight is 180 g/mol. The van der Waals surface area contributed by atoms with Gasteiger partial charge < -0.3 is 9.47 Å². The summed E-state index contributed by atoms with van der Waals surface area (Å²) < 4.78 is 10.6. The largest absolute Gasteiger partial charge is 0.456 e. The average Bonchev–Trinajstić information content (AvgIpc) is 2.64. The summed E-state index contributed by atoms with van der Waals surface area (Å²) in [6.07, 6.45) is 4.74. The summed E-state index contributed by atoms with van der Waals surface area (Å²) in [4.78, 5) is 11.2. The quantitative estimate of drug-likeness (QED) is 0.364. The highest BCUT2D eigenvalue weighted by Crippen LogP contribution is 2.30. The minimum Gasteiger partial charge on any atom is -0.456 e. The van der Waals surface area contributed by atoms with E-state index in [0.717, 1.165) is 6.42 Å². The molecule has 3 unspecified atom stereocenters. The van der Waals surface area contributed by atoms with Crippen LogP contribution in [-0.2, 0) is 14.3 Å². The van der Waals surface area contributed by atoms with Gasteiger partial charge in [0.15, 0.2) is 0 Å². The Balaban J connectivity index is 1.94. The van der Waals surface area contributed by atoms with Gasteiger partial charge in [-0.25, -0.2) is 4.79 Å². The van der Waals surface area contributed by atoms with Crippen LogP contribution in [0.3, 0.4) is 0 Å². The van der Waals surface area contributed by atoms with Gasteiger partial charge in [-0.2, -0.15) is 0 Å². The van der Waals surface area contributed by atoms with Crippen molar-refractivity contribution in [2.24, 2.45) is 0 Å². The first-order valence-corrected chi connectivity index (χ1v) is 4.37. The molecule has 3 nitrogen and oxygen atoms in total. The summed E-state index contributed by atoms with van der Waals surface area (Å²) in [7, 11) is 0. The van der Waals surface area contributed by atoms with Gasteiger partial charge in [-0.1, -0.05) is 18.7 Å². The fraction of sp³-hybridized carbons (Fsp3) is 0.500. The second-order valence-electron chi connectivity index (χ2n) is 3.48. The van der Waals surface area contributed by atoms with Crippen LogP contribution in [0.15, 0.2) is 24.3 Å². The molecule has 3 atom stereocenters. The lowest BCUT2D eigenvalue weighted by atomic mass is 10.0. The zero-order valence-corrected chi connectivity index (χ0v) is 7.53. The zero-order chi connectivity index (χ0) is 9.42. The third kappa shape index (κ3) is 1.52. The Kier molecular flexibility index (Phi) is 1.96. The number of hydrogen-bond donors (Lipinski definition) is 0. The van der Waals surface area contributed by atoms with Crippen LogP contribution in [0.5, 0.6) is 0 Å². The second kappa shape index (κ2) is 3.00. The maximum atomic E-state index is 11.2. The van der Waals surface area contributed by atoms with Gasteiger partial charge in [0.25, 0.3) is 0 Å². The zero-order valence-electron chi connectivity index (χ0n) is 7.53. The van der Waals surface area contributed by atoms with E-state index >= 15 is 0 Å². The van der Waals surface area contributed by atoms with Crippen LogP contribution in [0.4, 0.5) is 0 Å². The molecule has 2 bridgehead atoms. The van der Waals surface area contributed by atoms with E-state index in [4.69, 9.17) is 9.47 Å². The molecule has 2 aliphatic heterocycles. The number of esters is 1. The third-order valence-electron chi connectivity index (χ3n) is 2.29. The first kappa shape index (κ1) is 8.51. The Labute approximate surface area is 77.0 Å². The molecule has 0 aromatic heterocycles. The molecule has 13 heavy (non-hydrogen) atoms. The van der Waals surface area contributed by atoms with Gasteiger partial charge in [-0.3, -0.25) is 0 Å². The molecule has 0 amide bonds. The van der Waals surface area contributed by atoms with Crippen molar-refractivity contribution in [2.45, 2.75) is 31.7 Å². The molecule has 0 N–H and O–H groups in total. The Bertz CT molecular complexity index is 280. The van der Waals surface area contributed by atoms with Gasteiger partial charge in [0.1, 0.15) is 12.2 Å². The fourth-order valence-corrected chi connectivity index (χ4v) is 1.59. The second-order valence-corrected chi connectivity index (χ2v) is 3.48. The minimum atomic E-state index is -0.324. The van der Waals surface area contributed by atoms with E-state index in [0.29, 0.717) is 5.57 Å².